The van der Waals surface area contributed by atoms with E-state index in [1.807, 2.05) is 0 Å². The summed E-state index contributed by atoms with van der Waals surface area (Å²) in [5.74, 6) is -0.920. The summed E-state index contributed by atoms with van der Waals surface area (Å²) in [4.78, 5) is 10.5. The molecule has 0 heterocycles. The highest BCUT2D eigenvalue weighted by atomic mass is 19.1. The van der Waals surface area contributed by atoms with Crippen LogP contribution in [0.2, 0.25) is 0 Å². The first-order chi connectivity index (χ1) is 5.00. The number of alkyl halides is 1. The minimum absolute atomic E-state index is 0.358. The third-order valence-corrected chi connectivity index (χ3v) is 1.41. The third-order valence-electron chi connectivity index (χ3n) is 1.41. The Morgan fingerprint density at radius 2 is 2.18 bits per heavy atom. The van der Waals surface area contributed by atoms with Crippen LogP contribution in [-0.4, -0.2) is 29.8 Å². The van der Waals surface area contributed by atoms with E-state index >= 15 is 0 Å². The van der Waals surface area contributed by atoms with Crippen molar-refractivity contribution in [3.63, 3.8) is 0 Å². The number of aliphatic carboxylic acids is 1. The first kappa shape index (κ1) is 10.4. The second-order valence-electron chi connectivity index (χ2n) is 2.90. The quantitative estimate of drug-likeness (QED) is 0.589. The summed E-state index contributed by atoms with van der Waals surface area (Å²) in [5, 5.41) is 11.3. The van der Waals surface area contributed by atoms with E-state index in [4.69, 9.17) is 5.11 Å². The van der Waals surface area contributed by atoms with Crippen molar-refractivity contribution in [3.05, 3.63) is 0 Å². The molecule has 0 saturated heterocycles. The molecule has 3 nitrogen and oxygen atoms in total. The molecule has 11 heavy (non-hydrogen) atoms. The van der Waals surface area contributed by atoms with Crippen LogP contribution in [0.25, 0.3) is 0 Å². The molecule has 0 aromatic rings. The summed E-state index contributed by atoms with van der Waals surface area (Å²) >= 11 is 0. The predicted molar refractivity (Wildman–Crippen MR) is 40.3 cm³/mol. The van der Waals surface area contributed by atoms with Crippen molar-refractivity contribution in [2.75, 3.05) is 13.2 Å². The topological polar surface area (TPSA) is 49.3 Å². The highest BCUT2D eigenvalue weighted by Gasteiger charge is 2.25. The molecule has 0 aliphatic carbocycles. The molecule has 0 spiro atoms. The van der Waals surface area contributed by atoms with Crippen molar-refractivity contribution >= 4 is 5.97 Å². The highest BCUT2D eigenvalue weighted by molar-refractivity contribution is 5.77. The Morgan fingerprint density at radius 3 is 2.55 bits per heavy atom. The van der Waals surface area contributed by atoms with Crippen molar-refractivity contribution in [2.45, 2.75) is 25.8 Å². The summed E-state index contributed by atoms with van der Waals surface area (Å²) < 4.78 is 11.6. The van der Waals surface area contributed by atoms with Gasteiger partial charge in [-0.05, 0) is 26.8 Å². The smallest absolute Gasteiger partial charge is 0.323 e. The van der Waals surface area contributed by atoms with E-state index < -0.39 is 18.2 Å². The summed E-state index contributed by atoms with van der Waals surface area (Å²) in [6.07, 6.45) is 0.358. The summed E-state index contributed by atoms with van der Waals surface area (Å²) in [5.41, 5.74) is -0.949. The van der Waals surface area contributed by atoms with Gasteiger partial charge in [0.15, 0.2) is 0 Å². The second-order valence-corrected chi connectivity index (χ2v) is 2.90. The van der Waals surface area contributed by atoms with Gasteiger partial charge in [-0.25, -0.2) is 0 Å². The Kier molecular flexibility index (Phi) is 4.03. The van der Waals surface area contributed by atoms with Crippen LogP contribution >= 0.6 is 0 Å². The van der Waals surface area contributed by atoms with Crippen molar-refractivity contribution in [1.29, 1.82) is 0 Å². The summed E-state index contributed by atoms with van der Waals surface area (Å²) in [6, 6.07) is 0. The minimum Gasteiger partial charge on any atom is -0.480 e. The predicted octanol–water partition coefficient (Wildman–Crippen LogP) is 0.799. The number of hydrogen-bond acceptors (Lipinski definition) is 2. The largest absolute Gasteiger partial charge is 0.480 e. The van der Waals surface area contributed by atoms with E-state index in [-0.39, 0.29) is 0 Å². The molecule has 0 saturated carbocycles. The monoisotopic (exact) mass is 163 g/mol. The minimum atomic E-state index is -0.949. The van der Waals surface area contributed by atoms with Crippen LogP contribution in [0, 0.1) is 0 Å². The van der Waals surface area contributed by atoms with Gasteiger partial charge in [0, 0.05) is 0 Å². The first-order valence-electron chi connectivity index (χ1n) is 3.55. The summed E-state index contributed by atoms with van der Waals surface area (Å²) in [6.45, 7) is 3.08. The normalized spacial score (nSPS) is 11.5. The van der Waals surface area contributed by atoms with Gasteiger partial charge in [0.1, 0.15) is 5.54 Å². The van der Waals surface area contributed by atoms with Crippen LogP contribution in [0.3, 0.4) is 0 Å². The number of hydrogen-bond donors (Lipinski definition) is 2. The molecule has 0 amide bonds. The lowest BCUT2D eigenvalue weighted by Gasteiger charge is -2.20. The van der Waals surface area contributed by atoms with Crippen molar-refractivity contribution in [3.8, 4) is 0 Å². The van der Waals surface area contributed by atoms with Gasteiger partial charge in [0.05, 0.1) is 6.67 Å². The molecule has 0 fully saturated rings. The molecule has 0 rings (SSSR count). The van der Waals surface area contributed by atoms with Crippen LogP contribution in [-0.2, 0) is 4.79 Å². The molecular weight excluding hydrogens is 149 g/mol. The number of halogens is 1. The van der Waals surface area contributed by atoms with Gasteiger partial charge in [0.2, 0.25) is 0 Å². The average Bonchev–Trinajstić information content (AvgIpc) is 1.88. The zero-order valence-electron chi connectivity index (χ0n) is 6.85. The first-order valence-corrected chi connectivity index (χ1v) is 3.55. The lowest BCUT2D eigenvalue weighted by Crippen LogP contribution is -2.47. The van der Waals surface area contributed by atoms with Gasteiger partial charge < -0.3 is 10.4 Å². The fourth-order valence-corrected chi connectivity index (χ4v) is 0.543. The Hall–Kier alpha value is -0.640. The maximum Gasteiger partial charge on any atom is 0.323 e. The number of rotatable bonds is 5. The van der Waals surface area contributed by atoms with Crippen LogP contribution in [0.1, 0.15) is 20.3 Å². The van der Waals surface area contributed by atoms with Crippen LogP contribution in [0.4, 0.5) is 4.39 Å². The van der Waals surface area contributed by atoms with Crippen LogP contribution in [0.5, 0.6) is 0 Å². The number of carbonyl (C=O) groups is 1. The van der Waals surface area contributed by atoms with Crippen LogP contribution in [0.15, 0.2) is 0 Å². The van der Waals surface area contributed by atoms with Crippen molar-refractivity contribution in [2.24, 2.45) is 0 Å². The SMILES string of the molecule is CC(C)(NCCCF)C(=O)O. The Balaban J connectivity index is 3.64. The maximum atomic E-state index is 11.6. The lowest BCUT2D eigenvalue weighted by atomic mass is 10.1. The van der Waals surface area contributed by atoms with Gasteiger partial charge >= 0.3 is 5.97 Å². The second kappa shape index (κ2) is 4.28. The molecule has 0 aromatic carbocycles. The maximum absolute atomic E-state index is 11.6. The van der Waals surface area contributed by atoms with Crippen molar-refractivity contribution < 1.29 is 14.3 Å². The van der Waals surface area contributed by atoms with E-state index in [9.17, 15) is 9.18 Å². The molecule has 0 bridgehead atoms. The molecule has 0 radical (unpaired) electrons. The molecule has 0 aliphatic rings. The van der Waals surface area contributed by atoms with E-state index in [1.54, 1.807) is 13.8 Å². The molecular formula is C7H14FNO2. The number of carboxylic acids is 1. The zero-order valence-corrected chi connectivity index (χ0v) is 6.85. The lowest BCUT2D eigenvalue weighted by molar-refractivity contribution is -0.143. The van der Waals surface area contributed by atoms with E-state index in [2.05, 4.69) is 5.32 Å². The van der Waals surface area contributed by atoms with Gasteiger partial charge in [0.25, 0.3) is 0 Å². The van der Waals surface area contributed by atoms with E-state index in [0.717, 1.165) is 0 Å². The number of carboxylic acid groups (broad SMARTS) is 1. The Labute approximate surface area is 65.6 Å². The third kappa shape index (κ3) is 3.93. The standard InChI is InChI=1S/C7H14FNO2/c1-7(2,6(10)11)9-5-3-4-8/h9H,3-5H2,1-2H3,(H,10,11). The van der Waals surface area contributed by atoms with Gasteiger partial charge in [-0.15, -0.1) is 0 Å². The fraction of sp³-hybridized carbons (Fsp3) is 0.857. The fourth-order valence-electron chi connectivity index (χ4n) is 0.543. The molecule has 4 heteroatoms. The molecule has 0 unspecified atom stereocenters. The van der Waals surface area contributed by atoms with Gasteiger partial charge in [-0.2, -0.15) is 0 Å². The zero-order chi connectivity index (χ0) is 8.91. The van der Waals surface area contributed by atoms with E-state index in [0.29, 0.717) is 13.0 Å². The van der Waals surface area contributed by atoms with E-state index in [1.165, 1.54) is 0 Å². The summed E-state index contributed by atoms with van der Waals surface area (Å²) in [7, 11) is 0. The molecule has 66 valence electrons. The Bertz CT molecular complexity index is 136. The highest BCUT2D eigenvalue weighted by Crippen LogP contribution is 2.00. The van der Waals surface area contributed by atoms with Gasteiger partial charge in [-0.3, -0.25) is 9.18 Å². The molecule has 0 atom stereocenters. The van der Waals surface area contributed by atoms with Crippen molar-refractivity contribution in [1.82, 2.24) is 5.32 Å². The molecule has 2 N–H and O–H groups in total. The molecule has 0 aromatic heterocycles. The number of nitrogens with one attached hydrogen (secondary N) is 1. The molecule has 0 aliphatic heterocycles. The Morgan fingerprint density at radius 1 is 1.64 bits per heavy atom. The van der Waals surface area contributed by atoms with Gasteiger partial charge in [-0.1, -0.05) is 0 Å². The van der Waals surface area contributed by atoms with Crippen LogP contribution < -0.4 is 5.32 Å². The average molecular weight is 163 g/mol.